The van der Waals surface area contributed by atoms with Gasteiger partial charge in [0, 0.05) is 69.0 Å². The van der Waals surface area contributed by atoms with Crippen LogP contribution >= 0.6 is 0 Å². The predicted molar refractivity (Wildman–Crippen MR) is 122 cm³/mol. The van der Waals surface area contributed by atoms with Gasteiger partial charge in [-0.05, 0) is 19.8 Å². The highest BCUT2D eigenvalue weighted by Crippen LogP contribution is 2.34. The summed E-state index contributed by atoms with van der Waals surface area (Å²) in [6.07, 6.45) is 10.3. The Labute approximate surface area is 192 Å². The molecule has 10 nitrogen and oxygen atoms in total. The summed E-state index contributed by atoms with van der Waals surface area (Å²) in [5.74, 6) is 0.985. The molecule has 0 atom stereocenters. The quantitative estimate of drug-likeness (QED) is 0.596. The Bertz CT molecular complexity index is 1120. The van der Waals surface area contributed by atoms with E-state index in [4.69, 9.17) is 9.72 Å². The van der Waals surface area contributed by atoms with Gasteiger partial charge in [0.05, 0.1) is 42.6 Å². The molecule has 172 valence electrons. The normalized spacial score (nSPS) is 17.4. The summed E-state index contributed by atoms with van der Waals surface area (Å²) < 4.78 is 7.22. The number of ether oxygens (including phenoxy) is 1. The van der Waals surface area contributed by atoms with Gasteiger partial charge in [-0.15, -0.1) is 0 Å². The summed E-state index contributed by atoms with van der Waals surface area (Å²) in [4.78, 5) is 35.5. The third-order valence-corrected chi connectivity index (χ3v) is 6.57. The van der Waals surface area contributed by atoms with Crippen molar-refractivity contribution >= 4 is 11.9 Å². The molecular weight excluding hydrogens is 420 g/mol. The fraction of sp³-hybridized carbons (Fsp3) is 0.478. The topological polar surface area (TPSA) is 102 Å². The predicted octanol–water partition coefficient (Wildman–Crippen LogP) is 1.83. The van der Waals surface area contributed by atoms with Gasteiger partial charge in [-0.3, -0.25) is 19.4 Å². The van der Waals surface area contributed by atoms with Crippen molar-refractivity contribution < 1.29 is 9.53 Å². The molecule has 33 heavy (non-hydrogen) atoms. The Morgan fingerprint density at radius 2 is 1.82 bits per heavy atom. The average Bonchev–Trinajstić information content (AvgIpc) is 3.22. The fourth-order valence-electron chi connectivity index (χ4n) is 4.48. The summed E-state index contributed by atoms with van der Waals surface area (Å²) >= 11 is 0. The number of aromatic nitrogens is 6. The maximum absolute atomic E-state index is 13.0. The summed E-state index contributed by atoms with van der Waals surface area (Å²) in [5, 5.41) is 4.22. The SMILES string of the molecule is Cc1c(C(=O)N2CCC(c3nc(N4CCOCC4)ncc3-c3cnccn3)CC2)cnn1C. The van der Waals surface area contributed by atoms with E-state index >= 15 is 0 Å². The highest BCUT2D eigenvalue weighted by atomic mass is 16.5. The second-order valence-corrected chi connectivity index (χ2v) is 8.49. The van der Waals surface area contributed by atoms with Crippen LogP contribution in [-0.4, -0.2) is 79.9 Å². The first-order chi connectivity index (χ1) is 16.1. The number of carbonyl (C=O) groups excluding carboxylic acids is 1. The van der Waals surface area contributed by atoms with Crippen molar-refractivity contribution in [3.8, 4) is 11.3 Å². The number of aryl methyl sites for hydroxylation is 1. The molecule has 0 aliphatic carbocycles. The Balaban J connectivity index is 1.39. The number of morpholine rings is 1. The van der Waals surface area contributed by atoms with E-state index in [1.54, 1.807) is 29.5 Å². The number of anilines is 1. The number of amides is 1. The minimum absolute atomic E-state index is 0.0462. The first-order valence-corrected chi connectivity index (χ1v) is 11.4. The number of hydrogen-bond acceptors (Lipinski definition) is 8. The van der Waals surface area contributed by atoms with E-state index in [0.717, 1.165) is 54.5 Å². The van der Waals surface area contributed by atoms with Gasteiger partial charge >= 0.3 is 0 Å². The van der Waals surface area contributed by atoms with Crippen molar-refractivity contribution in [3.05, 3.63) is 47.9 Å². The van der Waals surface area contributed by atoms with Crippen molar-refractivity contribution in [1.82, 2.24) is 34.6 Å². The molecule has 0 aromatic carbocycles. The van der Waals surface area contributed by atoms with Crippen LogP contribution in [0, 0.1) is 6.92 Å². The molecule has 2 aliphatic heterocycles. The number of nitrogens with zero attached hydrogens (tertiary/aromatic N) is 8. The van der Waals surface area contributed by atoms with Gasteiger partial charge in [-0.1, -0.05) is 0 Å². The fourth-order valence-corrected chi connectivity index (χ4v) is 4.48. The van der Waals surface area contributed by atoms with E-state index in [2.05, 4.69) is 25.0 Å². The van der Waals surface area contributed by atoms with E-state index in [1.165, 1.54) is 0 Å². The summed E-state index contributed by atoms with van der Waals surface area (Å²) in [6.45, 7) is 6.19. The van der Waals surface area contributed by atoms with Gasteiger partial charge in [-0.25, -0.2) is 9.97 Å². The Morgan fingerprint density at radius 1 is 1.03 bits per heavy atom. The number of rotatable bonds is 4. The minimum atomic E-state index is 0.0462. The highest BCUT2D eigenvalue weighted by molar-refractivity contribution is 5.95. The maximum atomic E-state index is 13.0. The molecule has 0 N–H and O–H groups in total. The average molecular weight is 449 g/mol. The standard InChI is InChI=1S/C23H28N8O2/c1-16-18(14-27-29(16)2)22(32)30-7-3-17(4-8-30)21-19(20-15-24-5-6-25-20)13-26-23(28-21)31-9-11-33-12-10-31/h5-6,13-15,17H,3-4,7-12H2,1-2H3. The van der Waals surface area contributed by atoms with E-state index in [1.807, 2.05) is 25.1 Å². The minimum Gasteiger partial charge on any atom is -0.378 e. The zero-order valence-corrected chi connectivity index (χ0v) is 19.0. The molecule has 5 rings (SSSR count). The van der Waals surface area contributed by atoms with Gasteiger partial charge in [0.2, 0.25) is 5.95 Å². The monoisotopic (exact) mass is 448 g/mol. The van der Waals surface area contributed by atoms with Crippen LogP contribution in [0.15, 0.2) is 31.0 Å². The molecule has 2 fully saturated rings. The lowest BCUT2D eigenvalue weighted by Gasteiger charge is -2.33. The van der Waals surface area contributed by atoms with Crippen molar-refractivity contribution in [2.24, 2.45) is 7.05 Å². The zero-order valence-electron chi connectivity index (χ0n) is 19.0. The van der Waals surface area contributed by atoms with E-state index in [9.17, 15) is 4.79 Å². The number of likely N-dealkylation sites (tertiary alicyclic amines) is 1. The molecule has 0 radical (unpaired) electrons. The largest absolute Gasteiger partial charge is 0.378 e. The van der Waals surface area contributed by atoms with E-state index < -0.39 is 0 Å². The third-order valence-electron chi connectivity index (χ3n) is 6.57. The lowest BCUT2D eigenvalue weighted by molar-refractivity contribution is 0.0711. The first kappa shape index (κ1) is 21.4. The van der Waals surface area contributed by atoms with Crippen LogP contribution in [0.4, 0.5) is 5.95 Å². The number of piperidine rings is 1. The Morgan fingerprint density at radius 3 is 2.48 bits per heavy atom. The van der Waals surface area contributed by atoms with Gasteiger partial charge in [0.15, 0.2) is 0 Å². The van der Waals surface area contributed by atoms with E-state index in [0.29, 0.717) is 31.9 Å². The van der Waals surface area contributed by atoms with Crippen molar-refractivity contribution in [1.29, 1.82) is 0 Å². The Kier molecular flexibility index (Phi) is 5.99. The number of hydrogen-bond donors (Lipinski definition) is 0. The van der Waals surface area contributed by atoms with Gasteiger partial charge in [-0.2, -0.15) is 5.10 Å². The maximum Gasteiger partial charge on any atom is 0.257 e. The van der Waals surface area contributed by atoms with Gasteiger partial charge in [0.1, 0.15) is 0 Å². The van der Waals surface area contributed by atoms with Crippen LogP contribution in [0.5, 0.6) is 0 Å². The van der Waals surface area contributed by atoms with Gasteiger partial charge in [0.25, 0.3) is 5.91 Å². The van der Waals surface area contributed by atoms with E-state index in [-0.39, 0.29) is 11.8 Å². The second-order valence-electron chi connectivity index (χ2n) is 8.49. The van der Waals surface area contributed by atoms with Crippen LogP contribution in [-0.2, 0) is 11.8 Å². The molecule has 0 saturated carbocycles. The third kappa shape index (κ3) is 4.30. The van der Waals surface area contributed by atoms with Crippen molar-refractivity contribution in [2.45, 2.75) is 25.7 Å². The zero-order chi connectivity index (χ0) is 22.8. The molecule has 5 heterocycles. The molecule has 10 heteroatoms. The van der Waals surface area contributed by atoms with Crippen molar-refractivity contribution in [2.75, 3.05) is 44.3 Å². The molecule has 0 unspecified atom stereocenters. The molecular formula is C23H28N8O2. The van der Waals surface area contributed by atoms with Crippen LogP contribution in [0.2, 0.25) is 0 Å². The Hall–Kier alpha value is -3.40. The lowest BCUT2D eigenvalue weighted by atomic mass is 9.90. The molecule has 2 aliphatic rings. The molecule has 0 bridgehead atoms. The van der Waals surface area contributed by atoms with Crippen LogP contribution in [0.3, 0.4) is 0 Å². The van der Waals surface area contributed by atoms with Gasteiger partial charge < -0.3 is 14.5 Å². The summed E-state index contributed by atoms with van der Waals surface area (Å²) in [6, 6.07) is 0. The number of carbonyl (C=O) groups is 1. The smallest absolute Gasteiger partial charge is 0.257 e. The molecule has 3 aromatic rings. The molecule has 2 saturated heterocycles. The van der Waals surface area contributed by atoms with Crippen LogP contribution in [0.25, 0.3) is 11.3 Å². The molecule has 1 amide bonds. The highest BCUT2D eigenvalue weighted by Gasteiger charge is 2.30. The van der Waals surface area contributed by atoms with Crippen LogP contribution < -0.4 is 4.90 Å². The van der Waals surface area contributed by atoms with Crippen LogP contribution in [0.1, 0.15) is 40.5 Å². The molecule has 0 spiro atoms. The summed E-state index contributed by atoms with van der Waals surface area (Å²) in [5.41, 5.74) is 4.22. The summed E-state index contributed by atoms with van der Waals surface area (Å²) in [7, 11) is 1.85. The molecule has 3 aromatic heterocycles. The first-order valence-electron chi connectivity index (χ1n) is 11.4. The van der Waals surface area contributed by atoms with Crippen molar-refractivity contribution in [3.63, 3.8) is 0 Å². The second kappa shape index (κ2) is 9.22. The lowest BCUT2D eigenvalue weighted by Crippen LogP contribution is -2.39.